The van der Waals surface area contributed by atoms with Crippen LogP contribution in [0.4, 0.5) is 0 Å². The smallest absolute Gasteiger partial charge is 0.233 e. The normalized spacial score (nSPS) is 19.9. The van der Waals surface area contributed by atoms with Crippen LogP contribution < -0.4 is 4.74 Å². The maximum Gasteiger partial charge on any atom is 0.233 e. The molecule has 2 heterocycles. The van der Waals surface area contributed by atoms with Gasteiger partial charge in [0, 0.05) is 19.1 Å². The molecule has 1 fully saturated rings. The van der Waals surface area contributed by atoms with Gasteiger partial charge in [0.15, 0.2) is 11.0 Å². The predicted octanol–water partition coefficient (Wildman–Crippen LogP) is 3.58. The van der Waals surface area contributed by atoms with Crippen molar-refractivity contribution in [2.75, 3.05) is 5.75 Å². The van der Waals surface area contributed by atoms with Gasteiger partial charge in [0.1, 0.15) is 12.4 Å². The van der Waals surface area contributed by atoms with Crippen molar-refractivity contribution in [3.63, 3.8) is 0 Å². The summed E-state index contributed by atoms with van der Waals surface area (Å²) in [4.78, 5) is 14.7. The van der Waals surface area contributed by atoms with E-state index < -0.39 is 0 Å². The third-order valence-electron chi connectivity index (χ3n) is 5.09. The number of hydrogen-bond acceptors (Lipinski definition) is 5. The molecule has 1 saturated heterocycles. The SMILES string of the molecule is Cc1cccc(OCc2nnc(SCC(=O)N3[C@H](C)CCC[C@H]3C)n2C)c1. The van der Waals surface area contributed by atoms with Gasteiger partial charge in [0.2, 0.25) is 5.91 Å². The zero-order valence-electron chi connectivity index (χ0n) is 16.5. The molecule has 0 unspecified atom stereocenters. The van der Waals surface area contributed by atoms with E-state index in [1.807, 2.05) is 47.7 Å². The molecule has 7 heteroatoms. The van der Waals surface area contributed by atoms with E-state index in [9.17, 15) is 4.79 Å². The lowest BCUT2D eigenvalue weighted by atomic mass is 9.98. The van der Waals surface area contributed by atoms with Crippen LogP contribution in [0, 0.1) is 6.92 Å². The number of carbonyl (C=O) groups is 1. The Bertz CT molecular complexity index is 782. The second-order valence-electron chi connectivity index (χ2n) is 7.28. The molecule has 1 aromatic carbocycles. The molecular formula is C20H28N4O2S. The van der Waals surface area contributed by atoms with Crippen LogP contribution in [0.3, 0.4) is 0 Å². The van der Waals surface area contributed by atoms with Gasteiger partial charge in [0.05, 0.1) is 5.75 Å². The van der Waals surface area contributed by atoms with Crippen molar-refractivity contribution in [1.29, 1.82) is 0 Å². The van der Waals surface area contributed by atoms with E-state index in [2.05, 4.69) is 24.0 Å². The number of thioether (sulfide) groups is 1. The van der Waals surface area contributed by atoms with E-state index in [1.54, 1.807) is 0 Å². The fraction of sp³-hybridized carbons (Fsp3) is 0.550. The van der Waals surface area contributed by atoms with Crippen LogP contribution in [0.1, 0.15) is 44.5 Å². The molecule has 0 spiro atoms. The fourth-order valence-electron chi connectivity index (χ4n) is 3.56. The lowest BCUT2D eigenvalue weighted by molar-refractivity contribution is -0.134. The van der Waals surface area contributed by atoms with E-state index in [4.69, 9.17) is 4.74 Å². The first-order chi connectivity index (χ1) is 13.0. The summed E-state index contributed by atoms with van der Waals surface area (Å²) < 4.78 is 7.71. The Kier molecular flexibility index (Phi) is 6.42. The number of nitrogens with zero attached hydrogens (tertiary/aromatic N) is 4. The number of likely N-dealkylation sites (tertiary alicyclic amines) is 1. The van der Waals surface area contributed by atoms with Crippen molar-refractivity contribution >= 4 is 17.7 Å². The molecule has 0 saturated carbocycles. The van der Waals surface area contributed by atoms with Gasteiger partial charge in [-0.1, -0.05) is 23.9 Å². The Morgan fingerprint density at radius 3 is 2.70 bits per heavy atom. The molecule has 3 rings (SSSR count). The zero-order valence-corrected chi connectivity index (χ0v) is 17.3. The molecule has 2 atom stereocenters. The molecule has 0 radical (unpaired) electrons. The second-order valence-corrected chi connectivity index (χ2v) is 8.22. The molecule has 1 aliphatic rings. The van der Waals surface area contributed by atoms with Crippen LogP contribution in [-0.2, 0) is 18.4 Å². The number of ether oxygens (including phenoxy) is 1. The highest BCUT2D eigenvalue weighted by Gasteiger charge is 2.29. The highest BCUT2D eigenvalue weighted by Crippen LogP contribution is 2.25. The molecular weight excluding hydrogens is 360 g/mol. The van der Waals surface area contributed by atoms with Gasteiger partial charge in [0.25, 0.3) is 0 Å². The summed E-state index contributed by atoms with van der Waals surface area (Å²) in [6, 6.07) is 8.56. The second kappa shape index (κ2) is 8.78. The monoisotopic (exact) mass is 388 g/mol. The average molecular weight is 389 g/mol. The van der Waals surface area contributed by atoms with E-state index >= 15 is 0 Å². The topological polar surface area (TPSA) is 60.3 Å². The van der Waals surface area contributed by atoms with Gasteiger partial charge in [-0.05, 0) is 57.7 Å². The number of piperidine rings is 1. The van der Waals surface area contributed by atoms with Crippen molar-refractivity contribution in [2.24, 2.45) is 7.05 Å². The van der Waals surface area contributed by atoms with Crippen molar-refractivity contribution < 1.29 is 9.53 Å². The summed E-state index contributed by atoms with van der Waals surface area (Å²) in [6.45, 7) is 6.66. The van der Waals surface area contributed by atoms with Crippen molar-refractivity contribution in [2.45, 2.75) is 63.9 Å². The van der Waals surface area contributed by atoms with Crippen LogP contribution >= 0.6 is 11.8 Å². The minimum atomic E-state index is 0.181. The third-order valence-corrected chi connectivity index (χ3v) is 6.09. The van der Waals surface area contributed by atoms with Crippen LogP contribution in [0.5, 0.6) is 5.75 Å². The van der Waals surface area contributed by atoms with Crippen LogP contribution in [0.2, 0.25) is 0 Å². The summed E-state index contributed by atoms with van der Waals surface area (Å²) in [6.07, 6.45) is 3.38. The summed E-state index contributed by atoms with van der Waals surface area (Å²) >= 11 is 1.44. The third kappa shape index (κ3) is 4.83. The van der Waals surface area contributed by atoms with Crippen LogP contribution in [-0.4, -0.2) is 43.4 Å². The molecule has 27 heavy (non-hydrogen) atoms. The number of aromatic nitrogens is 3. The molecule has 0 aliphatic carbocycles. The maximum absolute atomic E-state index is 12.7. The first-order valence-corrected chi connectivity index (χ1v) is 10.5. The van der Waals surface area contributed by atoms with Gasteiger partial charge in [-0.3, -0.25) is 4.79 Å². The van der Waals surface area contributed by atoms with Gasteiger partial charge in [-0.2, -0.15) is 0 Å². The maximum atomic E-state index is 12.7. The number of hydrogen-bond donors (Lipinski definition) is 0. The minimum absolute atomic E-state index is 0.181. The Labute approximate surface area is 165 Å². The van der Waals surface area contributed by atoms with Gasteiger partial charge in [-0.15, -0.1) is 10.2 Å². The van der Waals surface area contributed by atoms with Crippen LogP contribution in [0.15, 0.2) is 29.4 Å². The van der Waals surface area contributed by atoms with E-state index in [1.165, 1.54) is 18.2 Å². The lowest BCUT2D eigenvalue weighted by Crippen LogP contribution is -2.48. The number of rotatable bonds is 6. The van der Waals surface area contributed by atoms with Gasteiger partial charge in [-0.25, -0.2) is 0 Å². The fourth-order valence-corrected chi connectivity index (χ4v) is 4.36. The molecule has 1 aromatic heterocycles. The zero-order chi connectivity index (χ0) is 19.4. The molecule has 6 nitrogen and oxygen atoms in total. The van der Waals surface area contributed by atoms with Crippen molar-refractivity contribution in [3.05, 3.63) is 35.7 Å². The highest BCUT2D eigenvalue weighted by atomic mass is 32.2. The summed E-state index contributed by atoms with van der Waals surface area (Å²) in [7, 11) is 1.91. The summed E-state index contributed by atoms with van der Waals surface area (Å²) in [5.41, 5.74) is 1.15. The molecule has 0 N–H and O–H groups in total. The molecule has 0 bridgehead atoms. The Morgan fingerprint density at radius 1 is 1.26 bits per heavy atom. The van der Waals surface area contributed by atoms with Gasteiger partial charge < -0.3 is 14.2 Å². The van der Waals surface area contributed by atoms with Gasteiger partial charge >= 0.3 is 0 Å². The minimum Gasteiger partial charge on any atom is -0.486 e. The predicted molar refractivity (Wildman–Crippen MR) is 107 cm³/mol. The van der Waals surface area contributed by atoms with Crippen molar-refractivity contribution in [1.82, 2.24) is 19.7 Å². The Hall–Kier alpha value is -2.02. The molecule has 146 valence electrons. The summed E-state index contributed by atoms with van der Waals surface area (Å²) in [5.74, 6) is 2.13. The Balaban J connectivity index is 1.56. The standard InChI is InChI=1S/C20H28N4O2S/c1-14-7-5-10-17(11-14)26-12-18-21-22-20(23(18)4)27-13-19(25)24-15(2)8-6-9-16(24)3/h5,7,10-11,15-16H,6,8-9,12-13H2,1-4H3/t15-,16-/m1/s1. The Morgan fingerprint density at radius 2 is 2.00 bits per heavy atom. The van der Waals surface area contributed by atoms with E-state index in [-0.39, 0.29) is 5.91 Å². The number of benzene rings is 1. The first kappa shape index (κ1) is 19.7. The molecule has 2 aromatic rings. The quantitative estimate of drug-likeness (QED) is 0.708. The number of carbonyl (C=O) groups excluding carboxylic acids is 1. The van der Waals surface area contributed by atoms with Crippen molar-refractivity contribution in [3.8, 4) is 5.75 Å². The number of aryl methyl sites for hydroxylation is 1. The molecule has 1 aliphatic heterocycles. The first-order valence-electron chi connectivity index (χ1n) is 9.47. The number of amides is 1. The summed E-state index contributed by atoms with van der Waals surface area (Å²) in [5, 5.41) is 9.18. The van der Waals surface area contributed by atoms with E-state index in [0.717, 1.165) is 35.1 Å². The average Bonchev–Trinajstić information content (AvgIpc) is 2.98. The largest absolute Gasteiger partial charge is 0.486 e. The van der Waals surface area contributed by atoms with Crippen LogP contribution in [0.25, 0.3) is 0 Å². The molecule has 1 amide bonds. The van der Waals surface area contributed by atoms with E-state index in [0.29, 0.717) is 24.4 Å². The highest BCUT2D eigenvalue weighted by molar-refractivity contribution is 7.99. The lowest BCUT2D eigenvalue weighted by Gasteiger charge is -2.39.